The maximum absolute atomic E-state index is 13.9. The van der Waals surface area contributed by atoms with Crippen molar-refractivity contribution in [3.63, 3.8) is 0 Å². The Morgan fingerprint density at radius 3 is 1.12 bits per heavy atom. The lowest BCUT2D eigenvalue weighted by Crippen LogP contribution is -2.23. The summed E-state index contributed by atoms with van der Waals surface area (Å²) in [7, 11) is 0. The highest BCUT2D eigenvalue weighted by Gasteiger charge is 2.40. The van der Waals surface area contributed by atoms with Crippen molar-refractivity contribution in [2.45, 2.75) is 53.4 Å². The van der Waals surface area contributed by atoms with Gasteiger partial charge in [-0.2, -0.15) is 0 Å². The van der Waals surface area contributed by atoms with Gasteiger partial charge in [0.1, 0.15) is 11.5 Å². The molecule has 0 fully saturated rings. The van der Waals surface area contributed by atoms with Crippen LogP contribution in [0.1, 0.15) is 81.8 Å². The number of halogens is 2. The van der Waals surface area contributed by atoms with Crippen LogP contribution >= 0.6 is 23.2 Å². The predicted octanol–water partition coefficient (Wildman–Crippen LogP) is 8.92. The average Bonchev–Trinajstić information content (AvgIpc) is 3.00. The zero-order valence-corrected chi connectivity index (χ0v) is 25.4. The third kappa shape index (κ3) is 4.69. The van der Waals surface area contributed by atoms with Crippen molar-refractivity contribution in [3.05, 3.63) is 103 Å². The van der Waals surface area contributed by atoms with Gasteiger partial charge in [-0.15, -0.1) is 0 Å². The number of carbonyl (C=O) groups is 2. The number of phenolic OH excluding ortho intramolecular Hbond substituents is 2. The number of rotatable bonds is 8. The molecule has 0 amide bonds. The fourth-order valence-corrected chi connectivity index (χ4v) is 6.34. The van der Waals surface area contributed by atoms with Crippen molar-refractivity contribution in [2.24, 2.45) is 0 Å². The lowest BCUT2D eigenvalue weighted by molar-refractivity contribution is 0.0974. The number of phenols is 2. The van der Waals surface area contributed by atoms with Crippen molar-refractivity contribution in [1.82, 2.24) is 0 Å². The van der Waals surface area contributed by atoms with Crippen molar-refractivity contribution >= 4 is 57.5 Å². The third-order valence-corrected chi connectivity index (χ3v) is 8.70. The van der Waals surface area contributed by atoms with E-state index >= 15 is 0 Å². The number of aromatic hydroxyl groups is 2. The Balaban J connectivity index is 1.85. The number of anilines is 4. The second-order valence-electron chi connectivity index (χ2n) is 10.2. The van der Waals surface area contributed by atoms with E-state index in [1.165, 1.54) is 12.1 Å². The first kappa shape index (κ1) is 29.5. The summed E-state index contributed by atoms with van der Waals surface area (Å²) in [5, 5.41) is 28.1. The van der Waals surface area contributed by atoms with Gasteiger partial charge in [-0.25, -0.2) is 0 Å². The zero-order valence-electron chi connectivity index (χ0n) is 23.9. The van der Waals surface area contributed by atoms with Crippen LogP contribution in [0.25, 0.3) is 0 Å². The zero-order chi connectivity index (χ0) is 30.3. The van der Waals surface area contributed by atoms with Gasteiger partial charge in [0.15, 0.2) is 11.6 Å². The van der Waals surface area contributed by atoms with Crippen LogP contribution in [-0.2, 0) is 25.7 Å². The van der Waals surface area contributed by atoms with Gasteiger partial charge in [0.05, 0.1) is 43.7 Å². The summed E-state index contributed by atoms with van der Waals surface area (Å²) in [6, 6.07) is 14.4. The van der Waals surface area contributed by atoms with Gasteiger partial charge >= 0.3 is 0 Å². The van der Waals surface area contributed by atoms with E-state index in [1.807, 2.05) is 36.4 Å². The van der Waals surface area contributed by atoms with Crippen molar-refractivity contribution in [1.29, 1.82) is 0 Å². The van der Waals surface area contributed by atoms with E-state index in [-0.39, 0.29) is 32.3 Å². The Morgan fingerprint density at radius 1 is 0.524 bits per heavy atom. The molecule has 0 saturated heterocycles. The summed E-state index contributed by atoms with van der Waals surface area (Å²) in [4.78, 5) is 27.8. The highest BCUT2D eigenvalue weighted by molar-refractivity contribution is 6.47. The second kappa shape index (κ2) is 11.7. The molecule has 8 heteroatoms. The normalized spacial score (nSPS) is 12.2. The lowest BCUT2D eigenvalue weighted by atomic mass is 9.82. The van der Waals surface area contributed by atoms with Crippen LogP contribution in [0.3, 0.4) is 0 Å². The highest BCUT2D eigenvalue weighted by atomic mass is 35.5. The minimum absolute atomic E-state index is 0.0105. The van der Waals surface area contributed by atoms with Crippen molar-refractivity contribution in [3.8, 4) is 11.5 Å². The molecule has 0 aromatic heterocycles. The molecule has 1 aliphatic rings. The molecule has 0 heterocycles. The molecule has 0 bridgehead atoms. The fraction of sp³-hybridized carbons (Fsp3) is 0.235. The number of aryl methyl sites for hydroxylation is 4. The van der Waals surface area contributed by atoms with Crippen LogP contribution in [0.5, 0.6) is 11.5 Å². The first-order valence-electron chi connectivity index (χ1n) is 14.1. The number of hydrogen-bond donors (Lipinski definition) is 4. The van der Waals surface area contributed by atoms with Crippen LogP contribution in [-0.4, -0.2) is 21.8 Å². The number of para-hydroxylation sites is 2. The van der Waals surface area contributed by atoms with Gasteiger partial charge in [0, 0.05) is 11.4 Å². The molecule has 4 aromatic rings. The fourth-order valence-electron chi connectivity index (χ4n) is 5.70. The maximum atomic E-state index is 13.9. The molecular formula is C34H32Cl2N2O4. The van der Waals surface area contributed by atoms with E-state index in [0.717, 1.165) is 59.3 Å². The molecule has 0 unspecified atom stereocenters. The van der Waals surface area contributed by atoms with Crippen LogP contribution in [0, 0.1) is 0 Å². The number of carbonyl (C=O) groups excluding carboxylic acids is 2. The number of benzene rings is 4. The van der Waals surface area contributed by atoms with Crippen LogP contribution < -0.4 is 10.6 Å². The molecule has 6 nitrogen and oxygen atoms in total. The van der Waals surface area contributed by atoms with Crippen LogP contribution in [0.4, 0.5) is 22.7 Å². The molecule has 5 rings (SSSR count). The summed E-state index contributed by atoms with van der Waals surface area (Å²) in [6.45, 7) is 8.22. The first-order valence-corrected chi connectivity index (χ1v) is 14.9. The Labute approximate surface area is 255 Å². The number of hydrogen-bond acceptors (Lipinski definition) is 6. The molecule has 0 aliphatic heterocycles. The minimum Gasteiger partial charge on any atom is -0.507 e. The average molecular weight is 604 g/mol. The van der Waals surface area contributed by atoms with Gasteiger partial charge in [-0.1, -0.05) is 87.3 Å². The van der Waals surface area contributed by atoms with Crippen LogP contribution in [0.2, 0.25) is 10.0 Å². The summed E-state index contributed by atoms with van der Waals surface area (Å²) in [6.07, 6.45) is 2.97. The van der Waals surface area contributed by atoms with E-state index < -0.39 is 23.1 Å². The van der Waals surface area contributed by atoms with Crippen molar-refractivity contribution < 1.29 is 19.8 Å². The Hall–Kier alpha value is -4.00. The quantitative estimate of drug-likeness (QED) is 0.132. The first-order chi connectivity index (χ1) is 20.2. The molecule has 216 valence electrons. The Bertz CT molecular complexity index is 1590. The molecule has 0 spiro atoms. The third-order valence-electron chi connectivity index (χ3n) is 7.95. The smallest absolute Gasteiger partial charge is 0.200 e. The van der Waals surface area contributed by atoms with Gasteiger partial charge in [-0.05, 0) is 60.1 Å². The number of nitrogens with one attached hydrogen (secondary N) is 2. The van der Waals surface area contributed by atoms with E-state index in [9.17, 15) is 19.8 Å². The molecule has 4 aromatic carbocycles. The topological polar surface area (TPSA) is 98.7 Å². The van der Waals surface area contributed by atoms with Gasteiger partial charge in [-0.3, -0.25) is 9.59 Å². The molecule has 0 saturated carbocycles. The molecule has 42 heavy (non-hydrogen) atoms. The summed E-state index contributed by atoms with van der Waals surface area (Å²) >= 11 is 14.2. The molecule has 0 atom stereocenters. The number of fused-ring (bicyclic) bond motifs is 2. The summed E-state index contributed by atoms with van der Waals surface area (Å²) in [5.74, 6) is -2.25. The predicted molar refractivity (Wildman–Crippen MR) is 170 cm³/mol. The number of ketones is 2. The van der Waals surface area contributed by atoms with Gasteiger partial charge in [0.25, 0.3) is 0 Å². The maximum Gasteiger partial charge on any atom is 0.200 e. The largest absolute Gasteiger partial charge is 0.507 e. The van der Waals surface area contributed by atoms with Crippen LogP contribution in [0.15, 0.2) is 48.5 Å². The van der Waals surface area contributed by atoms with Gasteiger partial charge in [0.2, 0.25) is 0 Å². The standard InChI is InChI=1S/C34H32Cl2N2O4/c1-5-17-11-9-12-18(6-2)29(17)37-31-27(35)25-26(34(42)24-22(40)16-15-21(39)23(24)33(25)41)28(36)32(31)38-30-19(7-3)13-10-14-20(30)8-4/h9-16,37-40H,5-8H2,1-4H3. The SMILES string of the molecule is CCc1cccc(CC)c1Nc1c(Cl)c2c(c(Cl)c1Nc1c(CC)cccc1CC)C(=O)c1c(O)ccc(O)c1C2=O. The highest BCUT2D eigenvalue weighted by Crippen LogP contribution is 2.51. The monoisotopic (exact) mass is 602 g/mol. The molecule has 0 radical (unpaired) electrons. The lowest BCUT2D eigenvalue weighted by Gasteiger charge is -2.28. The van der Waals surface area contributed by atoms with Crippen molar-refractivity contribution in [2.75, 3.05) is 10.6 Å². The van der Waals surface area contributed by atoms with E-state index in [2.05, 4.69) is 38.3 Å². The minimum atomic E-state index is -0.697. The summed E-state index contributed by atoms with van der Waals surface area (Å²) in [5.41, 5.74) is 5.70. The summed E-state index contributed by atoms with van der Waals surface area (Å²) < 4.78 is 0. The second-order valence-corrected chi connectivity index (χ2v) is 11.0. The van der Waals surface area contributed by atoms with E-state index in [1.54, 1.807) is 0 Å². The van der Waals surface area contributed by atoms with E-state index in [0.29, 0.717) is 11.4 Å². The molecule has 4 N–H and O–H groups in total. The molecule has 1 aliphatic carbocycles. The Kier molecular flexibility index (Phi) is 8.22. The molecular weight excluding hydrogens is 571 g/mol. The van der Waals surface area contributed by atoms with Gasteiger partial charge < -0.3 is 20.8 Å². The Morgan fingerprint density at radius 2 is 0.833 bits per heavy atom. The van der Waals surface area contributed by atoms with E-state index in [4.69, 9.17) is 23.2 Å².